The monoisotopic (exact) mass is 449 g/mol. The van der Waals surface area contributed by atoms with Gasteiger partial charge in [-0.05, 0) is 6.08 Å². The lowest BCUT2D eigenvalue weighted by atomic mass is 9.95. The van der Waals surface area contributed by atoms with Crippen molar-refractivity contribution in [3.8, 4) is 0 Å². The maximum atomic E-state index is 12.0. The summed E-state index contributed by atoms with van der Waals surface area (Å²) >= 11 is 6.32. The summed E-state index contributed by atoms with van der Waals surface area (Å²) in [6, 6.07) is -1.00. The fraction of sp³-hybridized carbons (Fsp3) is 0.611. The Labute approximate surface area is 177 Å². The van der Waals surface area contributed by atoms with E-state index in [9.17, 15) is 24.0 Å². The van der Waals surface area contributed by atoms with Crippen LogP contribution in [-0.4, -0.2) is 73.2 Å². The molecule has 5 atom stereocenters. The molecule has 0 spiro atoms. The van der Waals surface area contributed by atoms with Crippen molar-refractivity contribution in [2.45, 2.75) is 57.4 Å². The van der Waals surface area contributed by atoms with E-state index < -0.39 is 66.1 Å². The predicted molar refractivity (Wildman–Crippen MR) is 100.0 cm³/mol. The van der Waals surface area contributed by atoms with E-state index in [0.29, 0.717) is 0 Å². The second-order valence-electron chi connectivity index (χ2n) is 6.30. The highest BCUT2D eigenvalue weighted by molar-refractivity contribution is 6.23. The summed E-state index contributed by atoms with van der Waals surface area (Å²) in [7, 11) is 1.12. The van der Waals surface area contributed by atoms with Crippen LogP contribution in [0.25, 0.3) is 0 Å². The summed E-state index contributed by atoms with van der Waals surface area (Å²) in [5.74, 6) is -3.87. The number of carbonyl (C=O) groups is 5. The summed E-state index contributed by atoms with van der Waals surface area (Å²) in [5.41, 5.74) is 0. The van der Waals surface area contributed by atoms with Gasteiger partial charge in [-0.2, -0.15) is 0 Å². The molecule has 0 saturated heterocycles. The highest BCUT2D eigenvalue weighted by Gasteiger charge is 2.47. The van der Waals surface area contributed by atoms with Gasteiger partial charge in [-0.25, -0.2) is 4.79 Å². The summed E-state index contributed by atoms with van der Waals surface area (Å²) in [6.07, 6.45) is -2.80. The number of nitrogens with one attached hydrogen (secondary N) is 1. The molecule has 0 fully saturated rings. The van der Waals surface area contributed by atoms with E-state index >= 15 is 0 Å². The average molecular weight is 450 g/mol. The minimum absolute atomic E-state index is 0.296. The third-order valence-electron chi connectivity index (χ3n) is 3.79. The Kier molecular flexibility index (Phi) is 9.57. The molecule has 0 saturated carbocycles. The normalized spacial score (nSPS) is 22.3. The van der Waals surface area contributed by atoms with Gasteiger partial charge in [-0.1, -0.05) is 0 Å². The van der Waals surface area contributed by atoms with Crippen LogP contribution in [0.2, 0.25) is 0 Å². The number of amides is 1. The summed E-state index contributed by atoms with van der Waals surface area (Å²) in [6.45, 7) is 4.07. The Balaban J connectivity index is 3.41. The lowest BCUT2D eigenvalue weighted by Crippen LogP contribution is -2.60. The molecule has 0 bridgehead atoms. The van der Waals surface area contributed by atoms with Crippen LogP contribution in [0.1, 0.15) is 27.7 Å². The lowest BCUT2D eigenvalue weighted by Gasteiger charge is -2.40. The van der Waals surface area contributed by atoms with Gasteiger partial charge in [0.25, 0.3) is 0 Å². The Hall–Kier alpha value is -2.82. The second kappa shape index (κ2) is 11.4. The maximum absolute atomic E-state index is 12.0. The summed E-state index contributed by atoms with van der Waals surface area (Å²) < 4.78 is 25.6. The number of alkyl halides is 1. The van der Waals surface area contributed by atoms with Crippen LogP contribution in [0.3, 0.4) is 0 Å². The van der Waals surface area contributed by atoms with Crippen LogP contribution in [0.15, 0.2) is 11.8 Å². The molecule has 168 valence electrons. The molecule has 0 unspecified atom stereocenters. The van der Waals surface area contributed by atoms with Gasteiger partial charge >= 0.3 is 23.9 Å². The van der Waals surface area contributed by atoms with E-state index in [1.807, 2.05) is 0 Å². The quantitative estimate of drug-likeness (QED) is 0.305. The van der Waals surface area contributed by atoms with Crippen molar-refractivity contribution in [2.24, 2.45) is 0 Å². The lowest BCUT2D eigenvalue weighted by molar-refractivity contribution is -0.187. The van der Waals surface area contributed by atoms with Crippen molar-refractivity contribution >= 4 is 41.4 Å². The minimum Gasteiger partial charge on any atom is -0.477 e. The van der Waals surface area contributed by atoms with Crippen molar-refractivity contribution in [3.05, 3.63) is 11.8 Å². The molecular formula is C18H24ClNO10. The van der Waals surface area contributed by atoms with E-state index in [1.165, 1.54) is 13.0 Å². The standard InChI is InChI=1S/C18H24ClNO10/c1-8(21)20-15-12(19)6-13(18(25)26-5)30-17(15)16(29-11(4)24)14(28-10(3)23)7-27-9(2)22/h6,12,14-17H,7H2,1-5H3,(H,20,21)/t12-,14-,15-,16-,17-/m1/s1. The van der Waals surface area contributed by atoms with Crippen LogP contribution in [0.4, 0.5) is 0 Å². The number of hydrogen-bond donors (Lipinski definition) is 1. The van der Waals surface area contributed by atoms with Crippen LogP contribution >= 0.6 is 11.6 Å². The molecule has 0 aromatic rings. The number of esters is 4. The largest absolute Gasteiger partial charge is 0.477 e. The van der Waals surface area contributed by atoms with Crippen LogP contribution in [-0.2, 0) is 47.7 Å². The first-order chi connectivity index (χ1) is 14.0. The maximum Gasteiger partial charge on any atom is 0.373 e. The van der Waals surface area contributed by atoms with Crippen molar-refractivity contribution in [1.29, 1.82) is 0 Å². The SMILES string of the molecule is COC(=O)C1=C[C@@H](Cl)[C@@H](NC(C)=O)[C@H]([C@H](OC(C)=O)[C@@H](COC(C)=O)OC(C)=O)O1. The first-order valence-corrected chi connectivity index (χ1v) is 9.25. The number of methoxy groups -OCH3 is 1. The molecule has 0 radical (unpaired) electrons. The third kappa shape index (κ3) is 7.54. The van der Waals surface area contributed by atoms with Gasteiger partial charge in [0.15, 0.2) is 18.3 Å². The minimum atomic E-state index is -1.41. The fourth-order valence-corrected chi connectivity index (χ4v) is 3.05. The van der Waals surface area contributed by atoms with Crippen LogP contribution in [0, 0.1) is 0 Å². The average Bonchev–Trinajstić information content (AvgIpc) is 2.63. The molecule has 30 heavy (non-hydrogen) atoms. The van der Waals surface area contributed by atoms with Gasteiger partial charge in [-0.15, -0.1) is 11.6 Å². The zero-order valence-corrected chi connectivity index (χ0v) is 17.9. The zero-order valence-electron chi connectivity index (χ0n) is 17.1. The second-order valence-corrected chi connectivity index (χ2v) is 6.80. The molecule has 12 heteroatoms. The first kappa shape index (κ1) is 25.2. The highest BCUT2D eigenvalue weighted by Crippen LogP contribution is 2.29. The third-order valence-corrected chi connectivity index (χ3v) is 4.19. The fourth-order valence-electron chi connectivity index (χ4n) is 2.73. The molecule has 0 aromatic heterocycles. The Morgan fingerprint density at radius 1 is 1.07 bits per heavy atom. The van der Waals surface area contributed by atoms with Gasteiger partial charge in [0.2, 0.25) is 11.7 Å². The van der Waals surface area contributed by atoms with Gasteiger partial charge < -0.3 is 29.0 Å². The Bertz CT molecular complexity index is 722. The molecular weight excluding hydrogens is 426 g/mol. The predicted octanol–water partition coefficient (Wildman–Crippen LogP) is -0.0193. The number of carbonyl (C=O) groups excluding carboxylic acids is 5. The smallest absolute Gasteiger partial charge is 0.373 e. The van der Waals surface area contributed by atoms with E-state index in [2.05, 4.69) is 10.1 Å². The molecule has 1 aliphatic heterocycles. The van der Waals surface area contributed by atoms with Crippen molar-refractivity contribution < 1.29 is 47.7 Å². The van der Waals surface area contributed by atoms with Crippen molar-refractivity contribution in [1.82, 2.24) is 5.32 Å². The van der Waals surface area contributed by atoms with Crippen LogP contribution < -0.4 is 5.32 Å². The molecule has 1 aliphatic rings. The molecule has 1 amide bonds. The van der Waals surface area contributed by atoms with Gasteiger partial charge in [0.05, 0.1) is 18.5 Å². The van der Waals surface area contributed by atoms with Gasteiger partial charge in [0, 0.05) is 27.7 Å². The molecule has 0 aliphatic carbocycles. The van der Waals surface area contributed by atoms with E-state index in [4.69, 9.17) is 30.5 Å². The molecule has 1 N–H and O–H groups in total. The first-order valence-electron chi connectivity index (χ1n) is 8.82. The van der Waals surface area contributed by atoms with E-state index in [-0.39, 0.29) is 5.76 Å². The Morgan fingerprint density at radius 2 is 1.67 bits per heavy atom. The summed E-state index contributed by atoms with van der Waals surface area (Å²) in [5, 5.41) is 1.57. The zero-order chi connectivity index (χ0) is 23.0. The molecule has 1 rings (SSSR count). The number of rotatable bonds is 8. The number of hydrogen-bond acceptors (Lipinski definition) is 10. The topological polar surface area (TPSA) is 144 Å². The van der Waals surface area contributed by atoms with Crippen molar-refractivity contribution in [3.63, 3.8) is 0 Å². The van der Waals surface area contributed by atoms with E-state index in [1.54, 1.807) is 0 Å². The molecule has 11 nitrogen and oxygen atoms in total. The number of halogens is 1. The Morgan fingerprint density at radius 3 is 2.13 bits per heavy atom. The van der Waals surface area contributed by atoms with Crippen molar-refractivity contribution in [2.75, 3.05) is 13.7 Å². The molecule has 0 aromatic carbocycles. The van der Waals surface area contributed by atoms with E-state index in [0.717, 1.165) is 27.9 Å². The van der Waals surface area contributed by atoms with Gasteiger partial charge in [-0.3, -0.25) is 19.2 Å². The number of ether oxygens (including phenoxy) is 5. The highest BCUT2D eigenvalue weighted by atomic mass is 35.5. The summed E-state index contributed by atoms with van der Waals surface area (Å²) in [4.78, 5) is 58.2. The van der Waals surface area contributed by atoms with Gasteiger partial charge in [0.1, 0.15) is 6.61 Å². The molecule has 1 heterocycles. The van der Waals surface area contributed by atoms with Crippen LogP contribution in [0.5, 0.6) is 0 Å².